The second-order valence-corrected chi connectivity index (χ2v) is 6.59. The first-order chi connectivity index (χ1) is 11.6. The number of rotatable bonds is 3. The number of aryl methyl sites for hydroxylation is 1. The van der Waals surface area contributed by atoms with Gasteiger partial charge in [-0.15, -0.1) is 11.3 Å². The summed E-state index contributed by atoms with van der Waals surface area (Å²) in [4.78, 5) is 13.6. The first kappa shape index (κ1) is 16.3. The highest BCUT2D eigenvalue weighted by molar-refractivity contribution is 7.10. The number of pyridine rings is 1. The molecule has 0 fully saturated rings. The van der Waals surface area contributed by atoms with E-state index in [4.69, 9.17) is 4.74 Å². The third-order valence-corrected chi connectivity index (χ3v) is 5.14. The minimum atomic E-state index is -0.369. The maximum Gasteiger partial charge on any atom is 0.216 e. The van der Waals surface area contributed by atoms with E-state index in [-0.39, 0.29) is 11.8 Å². The van der Waals surface area contributed by atoms with Crippen molar-refractivity contribution in [1.29, 1.82) is 5.26 Å². The van der Waals surface area contributed by atoms with Gasteiger partial charge >= 0.3 is 0 Å². The molecule has 0 radical (unpaired) electrons. The van der Waals surface area contributed by atoms with E-state index in [1.54, 1.807) is 24.6 Å². The molecule has 1 aliphatic heterocycles. The molecule has 0 aromatic carbocycles. The van der Waals surface area contributed by atoms with Crippen LogP contribution in [0.3, 0.4) is 0 Å². The number of nitrogens with zero attached hydrogens (tertiary/aromatic N) is 4. The first-order valence-corrected chi connectivity index (χ1v) is 8.51. The van der Waals surface area contributed by atoms with Gasteiger partial charge in [0.15, 0.2) is 0 Å². The van der Waals surface area contributed by atoms with E-state index in [1.165, 1.54) is 0 Å². The quantitative estimate of drug-likeness (QED) is 0.848. The van der Waals surface area contributed by atoms with Crippen LogP contribution >= 0.6 is 11.3 Å². The molecule has 2 aromatic heterocycles. The predicted molar refractivity (Wildman–Crippen MR) is 95.2 cm³/mol. The molecule has 24 heavy (non-hydrogen) atoms. The average Bonchev–Trinajstić information content (AvgIpc) is 3.00. The highest BCUT2D eigenvalue weighted by Crippen LogP contribution is 2.46. The van der Waals surface area contributed by atoms with Crippen LogP contribution in [0.25, 0.3) is 5.57 Å². The highest BCUT2D eigenvalue weighted by Gasteiger charge is 2.37. The van der Waals surface area contributed by atoms with Gasteiger partial charge in [0, 0.05) is 45.7 Å². The van der Waals surface area contributed by atoms with Crippen molar-refractivity contribution in [2.75, 3.05) is 7.11 Å². The molecule has 3 rings (SSSR count). The highest BCUT2D eigenvalue weighted by atomic mass is 32.1. The van der Waals surface area contributed by atoms with Crippen LogP contribution in [0.2, 0.25) is 0 Å². The van der Waals surface area contributed by atoms with Crippen molar-refractivity contribution < 1.29 is 4.74 Å². The van der Waals surface area contributed by atoms with Gasteiger partial charge in [0.1, 0.15) is 5.01 Å². The van der Waals surface area contributed by atoms with Gasteiger partial charge in [-0.3, -0.25) is 4.99 Å². The second-order valence-electron chi connectivity index (χ2n) is 5.73. The van der Waals surface area contributed by atoms with E-state index in [9.17, 15) is 5.26 Å². The molecular formula is C18H18N4OS. The van der Waals surface area contributed by atoms with E-state index >= 15 is 0 Å². The molecule has 2 atom stereocenters. The summed E-state index contributed by atoms with van der Waals surface area (Å²) >= 11 is 1.58. The maximum absolute atomic E-state index is 9.78. The van der Waals surface area contributed by atoms with E-state index in [1.807, 2.05) is 38.3 Å². The smallest absolute Gasteiger partial charge is 0.216 e. The Morgan fingerprint density at radius 1 is 1.29 bits per heavy atom. The Labute approximate surface area is 145 Å². The normalized spacial score (nSPS) is 20.5. The standard InChI is InChI=1S/C18H18N4OS/c1-10-9-24-18(21-10)15-12(3)22-11(2)14(8-19)16(15)13-6-5-7-20-17(13)23-4/h5-7,9,14,16H,1-4H3. The molecule has 0 bridgehead atoms. The van der Waals surface area contributed by atoms with Crippen LogP contribution in [0.4, 0.5) is 0 Å². The summed E-state index contributed by atoms with van der Waals surface area (Å²) in [5.41, 5.74) is 4.54. The lowest BCUT2D eigenvalue weighted by molar-refractivity contribution is 0.390. The third-order valence-electron chi connectivity index (χ3n) is 4.15. The molecule has 2 unspecified atom stereocenters. The summed E-state index contributed by atoms with van der Waals surface area (Å²) in [6, 6.07) is 6.24. The molecule has 0 aliphatic carbocycles. The zero-order chi connectivity index (χ0) is 17.3. The van der Waals surface area contributed by atoms with Gasteiger partial charge in [-0.25, -0.2) is 9.97 Å². The Morgan fingerprint density at radius 3 is 2.71 bits per heavy atom. The van der Waals surface area contributed by atoms with Gasteiger partial charge in [0.2, 0.25) is 5.88 Å². The van der Waals surface area contributed by atoms with Crippen LogP contribution in [0.15, 0.2) is 34.4 Å². The fourth-order valence-electron chi connectivity index (χ4n) is 3.11. The lowest BCUT2D eigenvalue weighted by Gasteiger charge is -2.29. The van der Waals surface area contributed by atoms with Gasteiger partial charge in [0.25, 0.3) is 0 Å². The summed E-state index contributed by atoms with van der Waals surface area (Å²) in [7, 11) is 1.60. The van der Waals surface area contributed by atoms with E-state index < -0.39 is 0 Å². The van der Waals surface area contributed by atoms with Gasteiger partial charge in [-0.05, 0) is 26.8 Å². The number of aliphatic imine (C=N–C) groups is 1. The van der Waals surface area contributed by atoms with Crippen LogP contribution in [0.1, 0.15) is 36.0 Å². The van der Waals surface area contributed by atoms with Crippen LogP contribution in [0.5, 0.6) is 5.88 Å². The fraction of sp³-hybridized carbons (Fsp3) is 0.333. The first-order valence-electron chi connectivity index (χ1n) is 7.63. The van der Waals surface area contributed by atoms with Crippen molar-refractivity contribution in [3.63, 3.8) is 0 Å². The topological polar surface area (TPSA) is 71.2 Å². The Kier molecular flexibility index (Phi) is 4.45. The zero-order valence-corrected chi connectivity index (χ0v) is 14.9. The lowest BCUT2D eigenvalue weighted by atomic mass is 9.77. The minimum Gasteiger partial charge on any atom is -0.481 e. The summed E-state index contributed by atoms with van der Waals surface area (Å²) in [5.74, 6) is -0.0243. The molecule has 122 valence electrons. The Balaban J connectivity index is 2.25. The number of hydrogen-bond donors (Lipinski definition) is 0. The monoisotopic (exact) mass is 338 g/mol. The Bertz CT molecular complexity index is 875. The van der Waals surface area contributed by atoms with E-state index in [0.717, 1.165) is 33.2 Å². The fourth-order valence-corrected chi connectivity index (χ4v) is 4.04. The summed E-state index contributed by atoms with van der Waals surface area (Å²) < 4.78 is 5.45. The average molecular weight is 338 g/mol. The molecule has 0 spiro atoms. The molecular weight excluding hydrogens is 320 g/mol. The van der Waals surface area contributed by atoms with Gasteiger partial charge in [-0.2, -0.15) is 5.26 Å². The van der Waals surface area contributed by atoms with Crippen molar-refractivity contribution in [3.05, 3.63) is 45.7 Å². The van der Waals surface area contributed by atoms with Gasteiger partial charge in [-0.1, -0.05) is 6.07 Å². The molecule has 5 nitrogen and oxygen atoms in total. The van der Waals surface area contributed by atoms with Crippen molar-refractivity contribution in [1.82, 2.24) is 9.97 Å². The van der Waals surface area contributed by atoms with Crippen LogP contribution in [0, 0.1) is 24.2 Å². The summed E-state index contributed by atoms with van der Waals surface area (Å²) in [5, 5.41) is 12.7. The van der Waals surface area contributed by atoms with E-state index in [2.05, 4.69) is 21.0 Å². The van der Waals surface area contributed by atoms with Crippen LogP contribution < -0.4 is 4.74 Å². The third kappa shape index (κ3) is 2.72. The number of ether oxygens (including phenoxy) is 1. The minimum absolute atomic E-state index is 0.193. The molecule has 0 amide bonds. The molecule has 0 saturated carbocycles. The second kappa shape index (κ2) is 6.54. The van der Waals surface area contributed by atoms with Crippen molar-refractivity contribution in [2.45, 2.75) is 26.7 Å². The number of aromatic nitrogens is 2. The van der Waals surface area contributed by atoms with Crippen molar-refractivity contribution in [3.8, 4) is 11.9 Å². The van der Waals surface area contributed by atoms with E-state index in [0.29, 0.717) is 5.88 Å². The SMILES string of the molecule is COc1ncccc1C1C(c2nc(C)cs2)=C(C)N=C(C)C1C#N. The number of thiazole rings is 1. The van der Waals surface area contributed by atoms with Gasteiger partial charge in [0.05, 0.1) is 19.1 Å². The van der Waals surface area contributed by atoms with Crippen molar-refractivity contribution >= 4 is 22.6 Å². The molecule has 0 saturated heterocycles. The van der Waals surface area contributed by atoms with Gasteiger partial charge < -0.3 is 4.74 Å². The Morgan fingerprint density at radius 2 is 2.08 bits per heavy atom. The molecule has 1 aliphatic rings. The van der Waals surface area contributed by atoms with Crippen LogP contribution in [-0.2, 0) is 0 Å². The number of methoxy groups -OCH3 is 1. The summed E-state index contributed by atoms with van der Waals surface area (Å²) in [6.07, 6.45) is 1.69. The van der Waals surface area contributed by atoms with Crippen LogP contribution in [-0.4, -0.2) is 22.8 Å². The number of hydrogen-bond acceptors (Lipinski definition) is 6. The number of nitriles is 1. The molecule has 0 N–H and O–H groups in total. The zero-order valence-electron chi connectivity index (χ0n) is 14.1. The molecule has 2 aromatic rings. The lowest BCUT2D eigenvalue weighted by Crippen LogP contribution is -2.25. The number of allylic oxidation sites excluding steroid dienone is 2. The Hall–Kier alpha value is -2.52. The van der Waals surface area contributed by atoms with Crippen molar-refractivity contribution in [2.24, 2.45) is 10.9 Å². The predicted octanol–water partition coefficient (Wildman–Crippen LogP) is 3.98. The summed E-state index contributed by atoms with van der Waals surface area (Å²) in [6.45, 7) is 5.84. The molecule has 3 heterocycles. The molecule has 6 heteroatoms. The largest absolute Gasteiger partial charge is 0.481 e. The maximum atomic E-state index is 9.78.